The molecule has 3 rings (SSSR count). The number of fused-ring (bicyclic) bond motifs is 1. The van der Waals surface area contributed by atoms with Gasteiger partial charge in [0.05, 0.1) is 5.56 Å². The summed E-state index contributed by atoms with van der Waals surface area (Å²) >= 11 is 0. The van der Waals surface area contributed by atoms with Gasteiger partial charge in [0, 0.05) is 17.5 Å². The maximum Gasteiger partial charge on any atom is 0.138 e. The minimum Gasteiger partial charge on any atom is -0.461 e. The van der Waals surface area contributed by atoms with Crippen LogP contribution in [0.5, 0.6) is 0 Å². The van der Waals surface area contributed by atoms with Crippen LogP contribution in [0.2, 0.25) is 0 Å². The summed E-state index contributed by atoms with van der Waals surface area (Å²) < 4.78 is 11.7. The number of hydrogen-bond donors (Lipinski definition) is 2. The topological polar surface area (TPSA) is 58.5 Å². The van der Waals surface area contributed by atoms with Gasteiger partial charge in [-0.05, 0) is 32.0 Å². The smallest absolute Gasteiger partial charge is 0.138 e. The minimum atomic E-state index is 0.573. The Bertz CT molecular complexity index is 795. The molecule has 0 aliphatic rings. The number of nitrogens with one attached hydrogen (secondary N) is 1. The molecule has 0 aliphatic carbocycles. The third-order valence-electron chi connectivity index (χ3n) is 3.43. The van der Waals surface area contributed by atoms with Crippen LogP contribution in [0.25, 0.3) is 22.3 Å². The zero-order valence-corrected chi connectivity index (χ0v) is 12.0. The number of benzene rings is 1. The third kappa shape index (κ3) is 2.58. The number of para-hydroxylation sites is 1. The van der Waals surface area contributed by atoms with E-state index in [0.717, 1.165) is 33.8 Å². The van der Waals surface area contributed by atoms with E-state index in [-0.39, 0.29) is 0 Å². The second-order valence-electron chi connectivity index (χ2n) is 5.01. The van der Waals surface area contributed by atoms with Crippen LogP contribution in [0.15, 0.2) is 57.0 Å². The van der Waals surface area contributed by atoms with Crippen molar-refractivity contribution in [2.24, 2.45) is 0 Å². The molecule has 2 N–H and O–H groups in total. The Balaban J connectivity index is 2.14. The number of rotatable bonds is 4. The number of hydroxylamine groups is 1. The van der Waals surface area contributed by atoms with Gasteiger partial charge in [-0.3, -0.25) is 10.7 Å². The van der Waals surface area contributed by atoms with Crippen LogP contribution >= 0.6 is 0 Å². The van der Waals surface area contributed by atoms with E-state index in [9.17, 15) is 0 Å². The standard InChI is InChI=1S/C17H17NO3/c1-11(18-19)7-9-16-17(15-10-8-12(2)20-15)13-5-3-4-6-14(13)21-16/h3-8,10,18-19H,9H2,1-2H3. The van der Waals surface area contributed by atoms with Crippen LogP contribution in [-0.4, -0.2) is 5.21 Å². The summed E-state index contributed by atoms with van der Waals surface area (Å²) in [6.07, 6.45) is 2.44. The van der Waals surface area contributed by atoms with Crippen molar-refractivity contribution in [3.05, 3.63) is 59.7 Å². The van der Waals surface area contributed by atoms with Gasteiger partial charge in [0.15, 0.2) is 0 Å². The normalized spacial score (nSPS) is 12.0. The lowest BCUT2D eigenvalue weighted by Gasteiger charge is -2.00. The van der Waals surface area contributed by atoms with Crippen LogP contribution in [-0.2, 0) is 6.42 Å². The molecule has 2 heterocycles. The molecule has 0 atom stereocenters. The van der Waals surface area contributed by atoms with Crippen LogP contribution in [0.3, 0.4) is 0 Å². The average Bonchev–Trinajstić information content (AvgIpc) is 3.07. The molecule has 2 aromatic heterocycles. The lowest BCUT2D eigenvalue weighted by atomic mass is 10.1. The summed E-state index contributed by atoms with van der Waals surface area (Å²) in [6, 6.07) is 11.8. The predicted octanol–water partition coefficient (Wildman–Crippen LogP) is 4.43. The van der Waals surface area contributed by atoms with Crippen molar-refractivity contribution in [2.75, 3.05) is 0 Å². The van der Waals surface area contributed by atoms with E-state index in [1.807, 2.05) is 49.4 Å². The Labute approximate surface area is 122 Å². The first kappa shape index (κ1) is 13.5. The molecule has 0 aliphatic heterocycles. The maximum absolute atomic E-state index is 8.87. The van der Waals surface area contributed by atoms with Gasteiger partial charge in [0.1, 0.15) is 22.9 Å². The Hall–Kier alpha value is -2.46. The molecule has 0 spiro atoms. The van der Waals surface area contributed by atoms with Crippen molar-refractivity contribution in [2.45, 2.75) is 20.3 Å². The molecule has 0 radical (unpaired) electrons. The summed E-state index contributed by atoms with van der Waals surface area (Å²) in [4.78, 5) is 0. The summed E-state index contributed by atoms with van der Waals surface area (Å²) in [7, 11) is 0. The maximum atomic E-state index is 8.87. The predicted molar refractivity (Wildman–Crippen MR) is 81.0 cm³/mol. The largest absolute Gasteiger partial charge is 0.461 e. The summed E-state index contributed by atoms with van der Waals surface area (Å²) in [5.74, 6) is 2.49. The average molecular weight is 283 g/mol. The lowest BCUT2D eigenvalue weighted by Crippen LogP contribution is -2.02. The zero-order valence-electron chi connectivity index (χ0n) is 12.0. The molecular formula is C17H17NO3. The molecule has 0 bridgehead atoms. The van der Waals surface area contributed by atoms with Gasteiger partial charge in [-0.25, -0.2) is 0 Å². The molecule has 0 fully saturated rings. The Morgan fingerprint density at radius 2 is 2.00 bits per heavy atom. The number of aryl methyl sites for hydroxylation is 1. The van der Waals surface area contributed by atoms with Crippen molar-refractivity contribution >= 4 is 11.0 Å². The van der Waals surface area contributed by atoms with Crippen LogP contribution < -0.4 is 5.48 Å². The highest BCUT2D eigenvalue weighted by Crippen LogP contribution is 2.36. The molecular weight excluding hydrogens is 266 g/mol. The summed E-state index contributed by atoms with van der Waals surface area (Å²) in [6.45, 7) is 3.71. The Morgan fingerprint density at radius 3 is 2.71 bits per heavy atom. The third-order valence-corrected chi connectivity index (χ3v) is 3.43. The van der Waals surface area contributed by atoms with Crippen molar-refractivity contribution in [3.8, 4) is 11.3 Å². The minimum absolute atomic E-state index is 0.573. The monoisotopic (exact) mass is 283 g/mol. The van der Waals surface area contributed by atoms with Crippen LogP contribution in [0.4, 0.5) is 0 Å². The first-order chi connectivity index (χ1) is 10.2. The van der Waals surface area contributed by atoms with Crippen molar-refractivity contribution in [1.82, 2.24) is 5.48 Å². The van der Waals surface area contributed by atoms with E-state index in [1.54, 1.807) is 6.92 Å². The lowest BCUT2D eigenvalue weighted by molar-refractivity contribution is 0.200. The number of allylic oxidation sites excluding steroid dienone is 2. The van der Waals surface area contributed by atoms with E-state index >= 15 is 0 Å². The second-order valence-corrected chi connectivity index (χ2v) is 5.01. The first-order valence-corrected chi connectivity index (χ1v) is 6.83. The molecule has 108 valence electrons. The highest BCUT2D eigenvalue weighted by Gasteiger charge is 2.17. The van der Waals surface area contributed by atoms with Gasteiger partial charge in [-0.1, -0.05) is 24.3 Å². The molecule has 4 nitrogen and oxygen atoms in total. The molecule has 0 amide bonds. The molecule has 0 unspecified atom stereocenters. The molecule has 21 heavy (non-hydrogen) atoms. The van der Waals surface area contributed by atoms with Gasteiger partial charge in [-0.2, -0.15) is 0 Å². The van der Waals surface area contributed by atoms with Gasteiger partial charge >= 0.3 is 0 Å². The van der Waals surface area contributed by atoms with E-state index in [0.29, 0.717) is 12.1 Å². The van der Waals surface area contributed by atoms with Gasteiger partial charge in [0.25, 0.3) is 0 Å². The quantitative estimate of drug-likeness (QED) is 0.696. The summed E-state index contributed by atoms with van der Waals surface area (Å²) in [5.41, 5.74) is 4.61. The van der Waals surface area contributed by atoms with E-state index < -0.39 is 0 Å². The Morgan fingerprint density at radius 1 is 1.19 bits per heavy atom. The van der Waals surface area contributed by atoms with Gasteiger partial charge < -0.3 is 8.83 Å². The van der Waals surface area contributed by atoms with Crippen molar-refractivity contribution in [1.29, 1.82) is 0 Å². The van der Waals surface area contributed by atoms with E-state index in [4.69, 9.17) is 14.0 Å². The highest BCUT2D eigenvalue weighted by atomic mass is 16.5. The van der Waals surface area contributed by atoms with E-state index in [2.05, 4.69) is 5.48 Å². The first-order valence-electron chi connectivity index (χ1n) is 6.83. The molecule has 4 heteroatoms. The van der Waals surface area contributed by atoms with Gasteiger partial charge in [0.2, 0.25) is 0 Å². The van der Waals surface area contributed by atoms with E-state index in [1.165, 1.54) is 0 Å². The molecule has 1 aromatic carbocycles. The highest BCUT2D eigenvalue weighted by molar-refractivity contribution is 5.94. The molecule has 3 aromatic rings. The zero-order chi connectivity index (χ0) is 14.8. The number of hydrogen-bond acceptors (Lipinski definition) is 4. The van der Waals surface area contributed by atoms with Crippen LogP contribution in [0.1, 0.15) is 18.4 Å². The van der Waals surface area contributed by atoms with Gasteiger partial charge in [-0.15, -0.1) is 0 Å². The van der Waals surface area contributed by atoms with Crippen molar-refractivity contribution in [3.63, 3.8) is 0 Å². The fourth-order valence-corrected chi connectivity index (χ4v) is 2.37. The Kier molecular flexibility index (Phi) is 3.54. The SMILES string of the molecule is CC(=CCc1oc2ccccc2c1-c1ccc(C)o1)NO. The fourth-order valence-electron chi connectivity index (χ4n) is 2.37. The number of furan rings is 2. The van der Waals surface area contributed by atoms with Crippen LogP contribution in [0, 0.1) is 6.92 Å². The molecule has 0 saturated carbocycles. The van der Waals surface area contributed by atoms with Crippen molar-refractivity contribution < 1.29 is 14.0 Å². The molecule has 0 saturated heterocycles. The fraction of sp³-hybridized carbons (Fsp3) is 0.176. The second kappa shape index (κ2) is 5.50. The summed E-state index contributed by atoms with van der Waals surface area (Å²) in [5, 5.41) is 9.91.